The summed E-state index contributed by atoms with van der Waals surface area (Å²) in [6.45, 7) is 4.51. The molecule has 4 heteroatoms. The van der Waals surface area contributed by atoms with Crippen LogP contribution in [0.1, 0.15) is 36.1 Å². The summed E-state index contributed by atoms with van der Waals surface area (Å²) in [7, 11) is 1.76. The van der Waals surface area contributed by atoms with Gasteiger partial charge in [-0.15, -0.1) is 12.4 Å². The molecule has 2 aromatic carbocycles. The molecule has 3 aromatic rings. The van der Waals surface area contributed by atoms with Crippen molar-refractivity contribution in [3.05, 3.63) is 65.5 Å². The molecule has 0 unspecified atom stereocenters. The molecule has 0 spiro atoms. The number of rotatable bonds is 5. The Morgan fingerprint density at radius 3 is 2.57 bits per heavy atom. The van der Waals surface area contributed by atoms with Crippen LogP contribution in [0.3, 0.4) is 0 Å². The molecule has 1 saturated heterocycles. The first-order valence-electron chi connectivity index (χ1n) is 10.0. The van der Waals surface area contributed by atoms with Crippen LogP contribution in [0.15, 0.2) is 48.7 Å². The molecule has 4 rings (SSSR count). The minimum Gasteiger partial charge on any atom is -0.496 e. The van der Waals surface area contributed by atoms with Crippen molar-refractivity contribution in [1.29, 1.82) is 0 Å². The van der Waals surface area contributed by atoms with Gasteiger partial charge in [-0.3, -0.25) is 4.98 Å². The van der Waals surface area contributed by atoms with Gasteiger partial charge in [0.2, 0.25) is 0 Å². The van der Waals surface area contributed by atoms with Crippen LogP contribution in [0.4, 0.5) is 5.69 Å². The average Bonchev–Trinajstić information content (AvgIpc) is 2.73. The Hall–Kier alpha value is -2.26. The highest BCUT2D eigenvalue weighted by Gasteiger charge is 2.15. The molecule has 1 aromatic heterocycles. The molecule has 0 bridgehead atoms. The van der Waals surface area contributed by atoms with E-state index in [1.807, 2.05) is 6.20 Å². The maximum Gasteiger partial charge on any atom is 0.122 e. The van der Waals surface area contributed by atoms with E-state index in [0.29, 0.717) is 0 Å². The summed E-state index contributed by atoms with van der Waals surface area (Å²) in [6.07, 6.45) is 7.84. The van der Waals surface area contributed by atoms with Gasteiger partial charge in [-0.05, 0) is 67.5 Å². The van der Waals surface area contributed by atoms with Gasteiger partial charge in [0.05, 0.1) is 7.11 Å². The van der Waals surface area contributed by atoms with Crippen LogP contribution in [0.2, 0.25) is 0 Å². The molecule has 0 amide bonds. The predicted octanol–water partition coefficient (Wildman–Crippen LogP) is 5.75. The monoisotopic (exact) mass is 396 g/mol. The quantitative estimate of drug-likeness (QED) is 0.549. The van der Waals surface area contributed by atoms with E-state index in [4.69, 9.17) is 9.72 Å². The lowest BCUT2D eigenvalue weighted by Gasteiger charge is -2.30. The van der Waals surface area contributed by atoms with Crippen molar-refractivity contribution in [2.24, 2.45) is 0 Å². The summed E-state index contributed by atoms with van der Waals surface area (Å²) in [5.41, 5.74) is 5.08. The largest absolute Gasteiger partial charge is 0.496 e. The number of aromatic nitrogens is 1. The number of ether oxygens (including phenoxy) is 1. The van der Waals surface area contributed by atoms with Gasteiger partial charge in [0.15, 0.2) is 0 Å². The molecule has 1 aliphatic heterocycles. The van der Waals surface area contributed by atoms with Crippen molar-refractivity contribution in [2.75, 3.05) is 25.1 Å². The van der Waals surface area contributed by atoms with E-state index in [9.17, 15) is 0 Å². The van der Waals surface area contributed by atoms with E-state index in [2.05, 4.69) is 54.3 Å². The summed E-state index contributed by atoms with van der Waals surface area (Å²) in [5.74, 6) is 0.970. The Labute approximate surface area is 174 Å². The van der Waals surface area contributed by atoms with Crippen LogP contribution in [0.25, 0.3) is 10.8 Å². The van der Waals surface area contributed by atoms with Gasteiger partial charge in [-0.2, -0.15) is 0 Å². The average molecular weight is 397 g/mol. The van der Waals surface area contributed by atoms with Gasteiger partial charge >= 0.3 is 0 Å². The van der Waals surface area contributed by atoms with Crippen molar-refractivity contribution < 1.29 is 4.74 Å². The summed E-state index contributed by atoms with van der Waals surface area (Å²) in [5, 5.41) is 2.54. The molecule has 2 heterocycles. The van der Waals surface area contributed by atoms with E-state index < -0.39 is 0 Å². The lowest BCUT2D eigenvalue weighted by atomic mass is 9.98. The number of fused-ring (bicyclic) bond motifs is 1. The van der Waals surface area contributed by atoms with Crippen LogP contribution in [0, 0.1) is 6.92 Å². The second-order valence-corrected chi connectivity index (χ2v) is 7.48. The Balaban J connectivity index is 0.00000225. The van der Waals surface area contributed by atoms with Gasteiger partial charge in [-0.1, -0.05) is 30.3 Å². The third-order valence-electron chi connectivity index (χ3n) is 5.68. The Bertz CT molecular complexity index is 935. The number of benzene rings is 2. The number of nitrogens with zero attached hydrogens (tertiary/aromatic N) is 2. The molecule has 1 aliphatic rings. The van der Waals surface area contributed by atoms with Crippen molar-refractivity contribution in [3.63, 3.8) is 0 Å². The summed E-state index contributed by atoms with van der Waals surface area (Å²) >= 11 is 0. The number of pyridine rings is 1. The lowest BCUT2D eigenvalue weighted by molar-refractivity contribution is 0.410. The van der Waals surface area contributed by atoms with Crippen molar-refractivity contribution in [2.45, 2.75) is 39.0 Å². The van der Waals surface area contributed by atoms with E-state index in [1.165, 1.54) is 59.9 Å². The first-order chi connectivity index (χ1) is 13.3. The smallest absolute Gasteiger partial charge is 0.122 e. The number of piperidine rings is 1. The minimum absolute atomic E-state index is 0. The maximum atomic E-state index is 5.65. The van der Waals surface area contributed by atoms with Crippen LogP contribution in [0.5, 0.6) is 5.75 Å². The number of methoxy groups -OCH3 is 1. The standard InChI is InChI=1S/C24H28N2O.ClH/c1-18-17-25-20(16-23(18)26-14-6-3-7-15-26)11-12-22-21-9-5-4-8-19(21)10-13-24(22)27-2;/h4-5,8-10,13,16-17H,3,6-7,11-12,14-15H2,1-2H3;1H. The van der Waals surface area contributed by atoms with E-state index >= 15 is 0 Å². The van der Waals surface area contributed by atoms with Crippen molar-refractivity contribution >= 4 is 28.9 Å². The van der Waals surface area contributed by atoms with Gasteiger partial charge < -0.3 is 9.64 Å². The Kier molecular flexibility index (Phi) is 6.79. The number of anilines is 1. The number of halogens is 1. The first kappa shape index (κ1) is 20.5. The zero-order chi connectivity index (χ0) is 18.6. The Morgan fingerprint density at radius 2 is 1.79 bits per heavy atom. The first-order valence-corrected chi connectivity index (χ1v) is 10.0. The SMILES string of the molecule is COc1ccc2ccccc2c1CCc1cc(N2CCCCC2)c(C)cn1.Cl. The molecule has 0 N–H and O–H groups in total. The van der Waals surface area contributed by atoms with Gasteiger partial charge in [0.1, 0.15) is 5.75 Å². The number of aryl methyl sites for hydroxylation is 3. The molecule has 0 radical (unpaired) electrons. The maximum absolute atomic E-state index is 5.65. The molecule has 1 fully saturated rings. The Morgan fingerprint density at radius 1 is 1.00 bits per heavy atom. The van der Waals surface area contributed by atoms with E-state index in [1.54, 1.807) is 7.11 Å². The second kappa shape index (κ2) is 9.29. The second-order valence-electron chi connectivity index (χ2n) is 7.48. The molecule has 0 saturated carbocycles. The molecule has 148 valence electrons. The third kappa shape index (κ3) is 4.25. The highest BCUT2D eigenvalue weighted by Crippen LogP contribution is 2.30. The fraction of sp³-hybridized carbons (Fsp3) is 0.375. The summed E-state index contributed by atoms with van der Waals surface area (Å²) < 4.78 is 5.65. The van der Waals surface area contributed by atoms with Crippen LogP contribution in [-0.2, 0) is 12.8 Å². The summed E-state index contributed by atoms with van der Waals surface area (Å²) in [6, 6.07) is 15.1. The topological polar surface area (TPSA) is 25.4 Å². The fourth-order valence-corrected chi connectivity index (χ4v) is 4.19. The minimum atomic E-state index is 0. The molecule has 28 heavy (non-hydrogen) atoms. The molecule has 0 atom stereocenters. The third-order valence-corrected chi connectivity index (χ3v) is 5.68. The highest BCUT2D eigenvalue weighted by atomic mass is 35.5. The van der Waals surface area contributed by atoms with Crippen LogP contribution in [-0.4, -0.2) is 25.2 Å². The van der Waals surface area contributed by atoms with Gasteiger partial charge in [-0.25, -0.2) is 0 Å². The molecule has 3 nitrogen and oxygen atoms in total. The zero-order valence-electron chi connectivity index (χ0n) is 16.8. The van der Waals surface area contributed by atoms with E-state index in [-0.39, 0.29) is 12.4 Å². The van der Waals surface area contributed by atoms with Crippen LogP contribution < -0.4 is 9.64 Å². The lowest BCUT2D eigenvalue weighted by Crippen LogP contribution is -2.30. The number of hydrogen-bond donors (Lipinski definition) is 0. The molecule has 0 aliphatic carbocycles. The normalized spacial score (nSPS) is 14.0. The molecular formula is C24H29ClN2O. The van der Waals surface area contributed by atoms with Gasteiger partial charge in [0, 0.05) is 36.2 Å². The fourth-order valence-electron chi connectivity index (χ4n) is 4.19. The van der Waals surface area contributed by atoms with E-state index in [0.717, 1.165) is 24.3 Å². The molecular weight excluding hydrogens is 368 g/mol. The van der Waals surface area contributed by atoms with Crippen molar-refractivity contribution in [3.8, 4) is 5.75 Å². The highest BCUT2D eigenvalue weighted by molar-refractivity contribution is 5.87. The van der Waals surface area contributed by atoms with Crippen LogP contribution >= 0.6 is 12.4 Å². The number of hydrogen-bond acceptors (Lipinski definition) is 3. The summed E-state index contributed by atoms with van der Waals surface area (Å²) in [4.78, 5) is 7.25. The van der Waals surface area contributed by atoms with Gasteiger partial charge in [0.25, 0.3) is 0 Å². The zero-order valence-corrected chi connectivity index (χ0v) is 17.6. The van der Waals surface area contributed by atoms with Crippen molar-refractivity contribution in [1.82, 2.24) is 4.98 Å². The predicted molar refractivity (Wildman–Crippen MR) is 120 cm³/mol.